The molecule has 0 aliphatic carbocycles. The molecule has 0 spiro atoms. The van der Waals surface area contributed by atoms with Crippen LogP contribution in [0.15, 0.2) is 22.0 Å². The molecule has 0 radical (unpaired) electrons. The molecule has 0 atom stereocenters. The Hall–Kier alpha value is -0.980. The zero-order chi connectivity index (χ0) is 8.55. The maximum atomic E-state index is 11.0. The smallest absolute Gasteiger partial charge is 0.266 e. The van der Waals surface area contributed by atoms with Gasteiger partial charge in [-0.25, -0.2) is 9.97 Å². The van der Waals surface area contributed by atoms with Crippen molar-refractivity contribution in [1.82, 2.24) is 20.2 Å². The Balaban J connectivity index is 0.000000845. The van der Waals surface area contributed by atoms with Crippen molar-refractivity contribution in [3.05, 3.63) is 33.1 Å². The van der Waals surface area contributed by atoms with Gasteiger partial charge in [-0.05, 0) is 0 Å². The Morgan fingerprint density at radius 1 is 0.923 bits per heavy atom. The van der Waals surface area contributed by atoms with Crippen LogP contribution in [0.3, 0.4) is 0 Å². The minimum atomic E-state index is -0.447. The van der Waals surface area contributed by atoms with Crippen molar-refractivity contribution in [1.29, 1.82) is 0 Å². The number of nitrogens with zero attached hydrogens (tertiary/aromatic N) is 2. The fourth-order valence-electron chi connectivity index (χ4n) is 0.902. The first-order chi connectivity index (χ1) is 5.79. The Labute approximate surface area is 93.7 Å². The second-order valence-corrected chi connectivity index (χ2v) is 2.16. The van der Waals surface area contributed by atoms with Crippen LogP contribution in [-0.4, -0.2) is 20.2 Å². The summed E-state index contributed by atoms with van der Waals surface area (Å²) in [6, 6.07) is 0. The summed E-state index contributed by atoms with van der Waals surface area (Å²) in [6.45, 7) is 0. The van der Waals surface area contributed by atoms with Gasteiger partial charge in [-0.2, -0.15) is 0 Å². The molecular weight excluding hydrogens is 183 g/mol. The van der Waals surface area contributed by atoms with Crippen molar-refractivity contribution in [3.8, 4) is 0 Å². The predicted octanol–water partition coefficient (Wildman–Crippen LogP) is -3.99. The Kier molecular flexibility index (Phi) is 2.97. The van der Waals surface area contributed by atoms with Crippen molar-refractivity contribution >= 4 is 11.0 Å². The van der Waals surface area contributed by atoms with Crippen LogP contribution in [0.1, 0.15) is 0 Å². The van der Waals surface area contributed by atoms with Crippen molar-refractivity contribution in [3.63, 3.8) is 0 Å². The van der Waals surface area contributed by atoms with E-state index < -0.39 is 11.1 Å². The summed E-state index contributed by atoms with van der Waals surface area (Å²) < 4.78 is 0. The molecule has 2 rings (SSSR count). The summed E-state index contributed by atoms with van der Waals surface area (Å²) >= 11 is 0. The first-order valence-electron chi connectivity index (χ1n) is 3.21. The van der Waals surface area contributed by atoms with E-state index in [1.807, 2.05) is 0 Å². The van der Waals surface area contributed by atoms with Crippen molar-refractivity contribution in [2.45, 2.75) is 0 Å². The number of aromatic nitrogens is 4. The zero-order valence-corrected chi connectivity index (χ0v) is 8.87. The molecule has 2 aromatic rings. The first-order valence-corrected chi connectivity index (χ1v) is 3.21. The molecule has 0 aliphatic heterocycles. The van der Waals surface area contributed by atoms with E-state index in [9.17, 15) is 9.59 Å². The van der Waals surface area contributed by atoms with E-state index in [2.05, 4.69) is 20.2 Å². The molecule has 0 fully saturated rings. The molecule has 2 heterocycles. The van der Waals surface area contributed by atoms with E-state index in [-0.39, 0.29) is 40.6 Å². The minimum absolute atomic E-state index is 0. The zero-order valence-electron chi connectivity index (χ0n) is 6.87. The van der Waals surface area contributed by atoms with Crippen molar-refractivity contribution in [2.24, 2.45) is 0 Å². The quantitative estimate of drug-likeness (QED) is 0.411. The van der Waals surface area contributed by atoms with Gasteiger partial charge in [0, 0.05) is 12.4 Å². The monoisotopic (exact) mass is 187 g/mol. The number of aromatic amines is 2. The number of H-pyrrole nitrogens is 2. The number of nitrogens with one attached hydrogen (secondary N) is 2. The maximum absolute atomic E-state index is 11.0. The van der Waals surface area contributed by atoms with Gasteiger partial charge in [-0.3, -0.25) is 19.8 Å². The van der Waals surface area contributed by atoms with Crippen LogP contribution >= 0.6 is 0 Å². The Morgan fingerprint density at radius 2 is 1.31 bits per heavy atom. The van der Waals surface area contributed by atoms with E-state index in [1.165, 1.54) is 12.4 Å². The summed E-state index contributed by atoms with van der Waals surface area (Å²) in [7, 11) is 0. The molecule has 0 unspecified atom stereocenters. The molecule has 0 saturated heterocycles. The number of fused-ring (bicyclic) bond motifs is 1. The van der Waals surface area contributed by atoms with Gasteiger partial charge in [0.15, 0.2) is 11.0 Å². The van der Waals surface area contributed by atoms with E-state index in [0.29, 0.717) is 0 Å². The van der Waals surface area contributed by atoms with Gasteiger partial charge < -0.3 is 0 Å². The van der Waals surface area contributed by atoms with E-state index in [0.717, 1.165) is 0 Å². The van der Waals surface area contributed by atoms with Crippen LogP contribution in [0.25, 0.3) is 11.0 Å². The van der Waals surface area contributed by atoms with Gasteiger partial charge in [0.2, 0.25) is 0 Å². The molecule has 2 aromatic heterocycles. The summed E-state index contributed by atoms with van der Waals surface area (Å²) in [5.74, 6) is 0. The Morgan fingerprint density at radius 3 is 1.69 bits per heavy atom. The van der Waals surface area contributed by atoms with Crippen LogP contribution in [-0.2, 0) is 0 Å². The summed E-state index contributed by atoms with van der Waals surface area (Å²) in [5.41, 5.74) is -0.780. The number of hydrogen-bond acceptors (Lipinski definition) is 4. The number of rotatable bonds is 0. The van der Waals surface area contributed by atoms with E-state index in [4.69, 9.17) is 0 Å². The Bertz CT molecular complexity index is 483. The minimum Gasteiger partial charge on any atom is -0.266 e. The molecular formula is C6H4N4NaO2+. The van der Waals surface area contributed by atoms with Crippen molar-refractivity contribution < 1.29 is 29.6 Å². The standard InChI is InChI=1S/C6H4N4O2.Na/c11-5-3-4(6(12)10-9-5)8-2-1-7-3;/h1-2H,(H,9,11)(H,10,12);/q;+1. The molecule has 13 heavy (non-hydrogen) atoms. The molecule has 60 valence electrons. The van der Waals surface area contributed by atoms with Crippen LogP contribution in [0, 0.1) is 0 Å². The van der Waals surface area contributed by atoms with Crippen LogP contribution < -0.4 is 40.7 Å². The average molecular weight is 187 g/mol. The fraction of sp³-hybridized carbons (Fsp3) is 0. The molecule has 0 bridgehead atoms. The topological polar surface area (TPSA) is 91.5 Å². The molecule has 0 amide bonds. The van der Waals surface area contributed by atoms with Crippen LogP contribution in [0.4, 0.5) is 0 Å². The molecule has 2 N–H and O–H groups in total. The maximum Gasteiger partial charge on any atom is 1.00 e. The molecule has 0 saturated carbocycles. The van der Waals surface area contributed by atoms with Gasteiger partial charge in [0.25, 0.3) is 11.1 Å². The van der Waals surface area contributed by atoms with E-state index in [1.54, 1.807) is 0 Å². The second kappa shape index (κ2) is 3.82. The largest absolute Gasteiger partial charge is 1.00 e. The molecule has 0 aromatic carbocycles. The molecule has 7 heteroatoms. The van der Waals surface area contributed by atoms with Gasteiger partial charge in [-0.15, -0.1) is 0 Å². The van der Waals surface area contributed by atoms with Crippen LogP contribution in [0.2, 0.25) is 0 Å². The van der Waals surface area contributed by atoms with Crippen molar-refractivity contribution in [2.75, 3.05) is 0 Å². The third-order valence-electron chi connectivity index (χ3n) is 1.42. The van der Waals surface area contributed by atoms with Gasteiger partial charge in [0.1, 0.15) is 0 Å². The van der Waals surface area contributed by atoms with E-state index >= 15 is 0 Å². The van der Waals surface area contributed by atoms with Crippen LogP contribution in [0.5, 0.6) is 0 Å². The van der Waals surface area contributed by atoms with Gasteiger partial charge >= 0.3 is 29.6 Å². The fourth-order valence-corrected chi connectivity index (χ4v) is 0.902. The first kappa shape index (κ1) is 10.1. The third kappa shape index (κ3) is 1.69. The summed E-state index contributed by atoms with van der Waals surface area (Å²) in [4.78, 5) is 29.4. The third-order valence-corrected chi connectivity index (χ3v) is 1.42. The average Bonchev–Trinajstić information content (AvgIpc) is 2.12. The SMILES string of the molecule is O=c1[nH][nH]c(=O)c2nccnc12.[Na+]. The predicted molar refractivity (Wildman–Crippen MR) is 40.8 cm³/mol. The molecule has 6 nitrogen and oxygen atoms in total. The number of hydrogen-bond donors (Lipinski definition) is 2. The van der Waals surface area contributed by atoms with Gasteiger partial charge in [0.05, 0.1) is 0 Å². The van der Waals surface area contributed by atoms with Gasteiger partial charge in [-0.1, -0.05) is 0 Å². The summed E-state index contributed by atoms with van der Waals surface area (Å²) in [5, 5.41) is 4.29. The summed E-state index contributed by atoms with van der Waals surface area (Å²) in [6.07, 6.45) is 2.72. The second-order valence-electron chi connectivity index (χ2n) is 2.16. The normalized spacial score (nSPS) is 9.54. The molecule has 0 aliphatic rings.